The Kier molecular flexibility index (Phi) is 8.10. The van der Waals surface area contributed by atoms with Gasteiger partial charge < -0.3 is 20.1 Å². The van der Waals surface area contributed by atoms with Crippen LogP contribution in [0.4, 0.5) is 26.4 Å². The van der Waals surface area contributed by atoms with Gasteiger partial charge in [0.25, 0.3) is 0 Å². The molecule has 3 aromatic heterocycles. The van der Waals surface area contributed by atoms with E-state index in [9.17, 15) is 9.18 Å². The van der Waals surface area contributed by atoms with Gasteiger partial charge in [-0.3, -0.25) is 10.00 Å². The van der Waals surface area contributed by atoms with E-state index >= 15 is 0 Å². The van der Waals surface area contributed by atoms with Crippen molar-refractivity contribution in [1.29, 1.82) is 0 Å². The SMILES string of the molecule is Cc1c(NC(=O)OCC2COCCN2)cn2ncnc(Nc3ccc4c(cnn4Cc4cccc(F)c4)c3)c12.Cl. The quantitative estimate of drug-likeness (QED) is 0.267. The lowest BCUT2D eigenvalue weighted by Crippen LogP contribution is -2.44. The van der Waals surface area contributed by atoms with Crippen molar-refractivity contribution in [1.82, 2.24) is 29.7 Å². The third-order valence-electron chi connectivity index (χ3n) is 6.60. The number of carbonyl (C=O) groups is 1. The van der Waals surface area contributed by atoms with Crippen LogP contribution in [0, 0.1) is 12.7 Å². The predicted octanol–water partition coefficient (Wildman–Crippen LogP) is 4.28. The largest absolute Gasteiger partial charge is 0.448 e. The molecular formula is C27H28ClFN8O3. The first-order valence-corrected chi connectivity index (χ1v) is 12.6. The molecule has 0 aliphatic carbocycles. The summed E-state index contributed by atoms with van der Waals surface area (Å²) in [6.07, 6.45) is 4.40. The Labute approximate surface area is 235 Å². The minimum absolute atomic E-state index is 0. The Morgan fingerprint density at radius 3 is 2.98 bits per heavy atom. The normalized spacial score (nSPS) is 15.1. The maximum absolute atomic E-state index is 13.6. The van der Waals surface area contributed by atoms with E-state index in [4.69, 9.17) is 9.47 Å². The Balaban J connectivity index is 0.00000323. The summed E-state index contributed by atoms with van der Waals surface area (Å²) in [5.41, 5.74) is 4.66. The van der Waals surface area contributed by atoms with Gasteiger partial charge in [-0.1, -0.05) is 12.1 Å². The number of hydrogen-bond donors (Lipinski definition) is 3. The zero-order valence-corrected chi connectivity index (χ0v) is 22.4. The zero-order chi connectivity index (χ0) is 26.8. The van der Waals surface area contributed by atoms with Crippen molar-refractivity contribution < 1.29 is 18.7 Å². The van der Waals surface area contributed by atoms with E-state index in [2.05, 4.69) is 31.1 Å². The molecule has 2 aromatic carbocycles. The van der Waals surface area contributed by atoms with Crippen LogP contribution < -0.4 is 16.0 Å². The summed E-state index contributed by atoms with van der Waals surface area (Å²) in [4.78, 5) is 16.9. The van der Waals surface area contributed by atoms with Gasteiger partial charge >= 0.3 is 6.09 Å². The van der Waals surface area contributed by atoms with Crippen molar-refractivity contribution in [2.45, 2.75) is 19.5 Å². The summed E-state index contributed by atoms with van der Waals surface area (Å²) in [6, 6.07) is 12.3. The molecule has 1 aliphatic heterocycles. The van der Waals surface area contributed by atoms with Gasteiger partial charge in [-0.15, -0.1) is 12.4 Å². The lowest BCUT2D eigenvalue weighted by molar-refractivity contribution is 0.0494. The molecule has 0 saturated carbocycles. The number of morpholine rings is 1. The van der Waals surface area contributed by atoms with E-state index in [1.165, 1.54) is 18.5 Å². The number of aromatic nitrogens is 5. The topological polar surface area (TPSA) is 120 Å². The van der Waals surface area contributed by atoms with E-state index in [0.29, 0.717) is 31.3 Å². The van der Waals surface area contributed by atoms with Crippen LogP contribution >= 0.6 is 12.4 Å². The van der Waals surface area contributed by atoms with E-state index in [0.717, 1.165) is 39.8 Å². The van der Waals surface area contributed by atoms with Crippen LogP contribution in [-0.4, -0.2) is 62.9 Å². The molecule has 1 unspecified atom stereocenters. The first-order valence-electron chi connectivity index (χ1n) is 12.6. The smallest absolute Gasteiger partial charge is 0.411 e. The first-order chi connectivity index (χ1) is 19.0. The van der Waals surface area contributed by atoms with Gasteiger partial charge in [-0.2, -0.15) is 10.2 Å². The van der Waals surface area contributed by atoms with Gasteiger partial charge in [-0.05, 0) is 42.8 Å². The number of anilines is 3. The molecule has 11 nitrogen and oxygen atoms in total. The maximum Gasteiger partial charge on any atom is 0.411 e. The highest BCUT2D eigenvalue weighted by molar-refractivity contribution is 5.91. The number of nitrogens with zero attached hydrogens (tertiary/aromatic N) is 5. The summed E-state index contributed by atoms with van der Waals surface area (Å²) in [7, 11) is 0. The van der Waals surface area contributed by atoms with E-state index in [-0.39, 0.29) is 30.9 Å². The molecule has 13 heteroatoms. The predicted molar refractivity (Wildman–Crippen MR) is 151 cm³/mol. The average Bonchev–Trinajstić information content (AvgIpc) is 3.48. The Morgan fingerprint density at radius 1 is 1.25 bits per heavy atom. The first kappa shape index (κ1) is 27.3. The molecule has 1 saturated heterocycles. The summed E-state index contributed by atoms with van der Waals surface area (Å²) < 4.78 is 27.8. The molecule has 6 rings (SSSR count). The third kappa shape index (κ3) is 5.83. The summed E-state index contributed by atoms with van der Waals surface area (Å²) in [5.74, 6) is 0.313. The van der Waals surface area contributed by atoms with Crippen molar-refractivity contribution in [2.24, 2.45) is 0 Å². The van der Waals surface area contributed by atoms with Gasteiger partial charge in [0.2, 0.25) is 0 Å². The van der Waals surface area contributed by atoms with Crippen LogP contribution in [0.3, 0.4) is 0 Å². The van der Waals surface area contributed by atoms with Gasteiger partial charge in [0.05, 0.1) is 49.4 Å². The van der Waals surface area contributed by atoms with Gasteiger partial charge in [0, 0.05) is 23.2 Å². The van der Waals surface area contributed by atoms with Gasteiger partial charge in [-0.25, -0.2) is 18.7 Å². The number of hydrogen-bond acceptors (Lipinski definition) is 8. The molecule has 40 heavy (non-hydrogen) atoms. The van der Waals surface area contributed by atoms with E-state index < -0.39 is 6.09 Å². The van der Waals surface area contributed by atoms with Crippen molar-refractivity contribution in [2.75, 3.05) is 37.0 Å². The lowest BCUT2D eigenvalue weighted by Gasteiger charge is -2.23. The number of carbonyl (C=O) groups excluding carboxylic acids is 1. The number of nitrogens with one attached hydrogen (secondary N) is 3. The molecule has 3 N–H and O–H groups in total. The van der Waals surface area contributed by atoms with Crippen molar-refractivity contribution in [3.63, 3.8) is 0 Å². The minimum Gasteiger partial charge on any atom is -0.448 e. The van der Waals surface area contributed by atoms with E-state index in [1.807, 2.05) is 35.9 Å². The molecule has 1 fully saturated rings. The fourth-order valence-corrected chi connectivity index (χ4v) is 4.66. The molecule has 1 aliphatic rings. The highest BCUT2D eigenvalue weighted by atomic mass is 35.5. The van der Waals surface area contributed by atoms with E-state index in [1.54, 1.807) is 23.0 Å². The summed E-state index contributed by atoms with van der Waals surface area (Å²) in [5, 5.41) is 19.1. The standard InChI is InChI=1S/C27H27FN8O3.ClH/c1-17-23(34-27(37)39-15-22-14-38-8-7-29-22)13-36-25(17)26(30-16-32-36)33-21-5-6-24-19(10-21)11-31-35(24)12-18-3-2-4-20(28)9-18;/h2-6,9-11,13,16,22,29H,7-8,12,14-15H2,1H3,(H,34,37)(H,30,32,33);1H. The molecule has 0 radical (unpaired) electrons. The molecule has 0 bridgehead atoms. The minimum atomic E-state index is -0.551. The highest BCUT2D eigenvalue weighted by Gasteiger charge is 2.18. The molecule has 0 spiro atoms. The van der Waals surface area contributed by atoms with Gasteiger partial charge in [0.1, 0.15) is 24.3 Å². The Morgan fingerprint density at radius 2 is 2.15 bits per heavy atom. The zero-order valence-electron chi connectivity index (χ0n) is 21.6. The number of halogens is 2. The lowest BCUT2D eigenvalue weighted by atomic mass is 10.2. The third-order valence-corrected chi connectivity index (χ3v) is 6.60. The van der Waals surface area contributed by atoms with Crippen LogP contribution in [0.2, 0.25) is 0 Å². The van der Waals surface area contributed by atoms with Crippen molar-refractivity contribution in [3.05, 3.63) is 78.1 Å². The summed E-state index contributed by atoms with van der Waals surface area (Å²) >= 11 is 0. The average molecular weight is 567 g/mol. The van der Waals surface area contributed by atoms with Crippen LogP contribution in [0.15, 0.2) is 61.2 Å². The van der Waals surface area contributed by atoms with Gasteiger partial charge in [0.15, 0.2) is 5.82 Å². The number of ether oxygens (including phenoxy) is 2. The molecule has 208 valence electrons. The second-order valence-electron chi connectivity index (χ2n) is 9.35. The van der Waals surface area contributed by atoms with Crippen molar-refractivity contribution >= 4 is 52.1 Å². The van der Waals surface area contributed by atoms with Crippen LogP contribution in [0.1, 0.15) is 11.1 Å². The van der Waals surface area contributed by atoms with Crippen LogP contribution in [0.5, 0.6) is 0 Å². The number of benzene rings is 2. The number of fused-ring (bicyclic) bond motifs is 2. The highest BCUT2D eigenvalue weighted by Crippen LogP contribution is 2.29. The molecule has 4 heterocycles. The number of amides is 1. The summed E-state index contributed by atoms with van der Waals surface area (Å²) in [6.45, 7) is 4.46. The fourth-order valence-electron chi connectivity index (χ4n) is 4.66. The maximum atomic E-state index is 13.6. The number of rotatable bonds is 7. The number of aryl methyl sites for hydroxylation is 1. The van der Waals surface area contributed by atoms with Crippen LogP contribution in [-0.2, 0) is 16.0 Å². The second-order valence-corrected chi connectivity index (χ2v) is 9.35. The molecule has 1 atom stereocenters. The molecular weight excluding hydrogens is 539 g/mol. The Hall–Kier alpha value is -4.26. The monoisotopic (exact) mass is 566 g/mol. The Bertz CT molecular complexity index is 1650. The molecule has 1 amide bonds. The fraction of sp³-hybridized carbons (Fsp3) is 0.259. The van der Waals surface area contributed by atoms with Crippen LogP contribution in [0.25, 0.3) is 16.4 Å². The molecule has 5 aromatic rings. The second kappa shape index (κ2) is 11.9. The van der Waals surface area contributed by atoms with Crippen molar-refractivity contribution in [3.8, 4) is 0 Å².